The zero-order valence-corrected chi connectivity index (χ0v) is 15.1. The lowest BCUT2D eigenvalue weighted by Crippen LogP contribution is -2.30. The van der Waals surface area contributed by atoms with Gasteiger partial charge in [-0.2, -0.15) is 0 Å². The predicted octanol–water partition coefficient (Wildman–Crippen LogP) is 3.76. The summed E-state index contributed by atoms with van der Waals surface area (Å²) in [6, 6.07) is 12.7. The summed E-state index contributed by atoms with van der Waals surface area (Å²) in [6.07, 6.45) is -0.580. The second kappa shape index (κ2) is 5.98. The van der Waals surface area contributed by atoms with Gasteiger partial charge >= 0.3 is 0 Å². The lowest BCUT2D eigenvalue weighted by Gasteiger charge is -2.35. The number of nitrogens with zero attached hydrogens (tertiary/aromatic N) is 3. The fraction of sp³-hybridized carbons (Fsp3) is 0.333. The van der Waals surface area contributed by atoms with Crippen LogP contribution >= 0.6 is 11.8 Å². The molecule has 1 heterocycles. The summed E-state index contributed by atoms with van der Waals surface area (Å²) in [5.74, 6) is 0. The van der Waals surface area contributed by atoms with E-state index in [-0.39, 0.29) is 0 Å². The minimum atomic E-state index is -0.580. The highest BCUT2D eigenvalue weighted by molar-refractivity contribution is 7.99. The molecule has 1 atom stereocenters. The summed E-state index contributed by atoms with van der Waals surface area (Å²) in [4.78, 5) is 8.53. The standard InChI is InChI=1S/C18H23N3OS/c1-12(22)21-15-8-6-13(19(2)3)10-17(15)23-18-11-14(20(4)5)7-9-16(18)21/h6-12,22H,1-5H3. The molecule has 0 bridgehead atoms. The van der Waals surface area contributed by atoms with Gasteiger partial charge in [-0.25, -0.2) is 0 Å². The van der Waals surface area contributed by atoms with Crippen molar-refractivity contribution in [1.82, 2.24) is 0 Å². The van der Waals surface area contributed by atoms with Gasteiger partial charge in [0.25, 0.3) is 0 Å². The molecule has 0 amide bonds. The maximum Gasteiger partial charge on any atom is 0.128 e. The molecule has 0 aliphatic carbocycles. The van der Waals surface area contributed by atoms with Crippen LogP contribution in [0.15, 0.2) is 46.2 Å². The Bertz CT molecular complexity index is 671. The Morgan fingerprint density at radius 3 is 1.65 bits per heavy atom. The lowest BCUT2D eigenvalue weighted by molar-refractivity contribution is 0.200. The topological polar surface area (TPSA) is 30.0 Å². The Labute approximate surface area is 142 Å². The van der Waals surface area contributed by atoms with Crippen LogP contribution in [-0.4, -0.2) is 39.5 Å². The van der Waals surface area contributed by atoms with Gasteiger partial charge in [-0.05, 0) is 43.3 Å². The van der Waals surface area contributed by atoms with E-state index in [0.29, 0.717) is 0 Å². The first-order valence-corrected chi connectivity index (χ1v) is 8.48. The largest absolute Gasteiger partial charge is 0.378 e. The molecule has 1 aliphatic rings. The molecule has 0 radical (unpaired) electrons. The fourth-order valence-electron chi connectivity index (χ4n) is 2.77. The van der Waals surface area contributed by atoms with E-state index in [1.54, 1.807) is 11.8 Å². The van der Waals surface area contributed by atoms with Gasteiger partial charge in [-0.1, -0.05) is 11.8 Å². The van der Waals surface area contributed by atoms with Gasteiger partial charge in [0, 0.05) is 49.4 Å². The first-order valence-electron chi connectivity index (χ1n) is 7.66. The first-order chi connectivity index (χ1) is 10.9. The first kappa shape index (κ1) is 16.0. The van der Waals surface area contributed by atoms with E-state index < -0.39 is 6.23 Å². The third-order valence-corrected chi connectivity index (χ3v) is 5.13. The lowest BCUT2D eigenvalue weighted by atomic mass is 10.2. The van der Waals surface area contributed by atoms with Crippen LogP contribution in [0.4, 0.5) is 22.7 Å². The molecule has 0 aromatic heterocycles. The van der Waals surface area contributed by atoms with Crippen molar-refractivity contribution < 1.29 is 5.11 Å². The summed E-state index contributed by atoms with van der Waals surface area (Å²) in [5, 5.41) is 10.3. The van der Waals surface area contributed by atoms with Gasteiger partial charge < -0.3 is 19.8 Å². The molecule has 5 heteroatoms. The molecule has 122 valence electrons. The van der Waals surface area contributed by atoms with Crippen molar-refractivity contribution in [2.45, 2.75) is 22.9 Å². The number of hydrogen-bond donors (Lipinski definition) is 1. The van der Waals surface area contributed by atoms with E-state index in [4.69, 9.17) is 0 Å². The minimum Gasteiger partial charge on any atom is -0.378 e. The molecule has 0 spiro atoms. The summed E-state index contributed by atoms with van der Waals surface area (Å²) in [6.45, 7) is 1.81. The molecular formula is C18H23N3OS. The van der Waals surface area contributed by atoms with Gasteiger partial charge in [-0.3, -0.25) is 0 Å². The van der Waals surface area contributed by atoms with Crippen LogP contribution in [0.25, 0.3) is 0 Å². The molecule has 2 aromatic rings. The van der Waals surface area contributed by atoms with Gasteiger partial charge in [-0.15, -0.1) is 0 Å². The molecule has 2 aromatic carbocycles. The second-order valence-corrected chi connectivity index (χ2v) is 7.28. The van der Waals surface area contributed by atoms with Crippen molar-refractivity contribution in [2.75, 3.05) is 42.9 Å². The number of hydrogen-bond acceptors (Lipinski definition) is 5. The number of fused-ring (bicyclic) bond motifs is 2. The molecule has 0 saturated heterocycles. The van der Waals surface area contributed by atoms with Crippen LogP contribution in [0.5, 0.6) is 0 Å². The predicted molar refractivity (Wildman–Crippen MR) is 99.5 cm³/mol. The van der Waals surface area contributed by atoms with Crippen molar-refractivity contribution in [3.8, 4) is 0 Å². The Morgan fingerprint density at radius 2 is 1.30 bits per heavy atom. The van der Waals surface area contributed by atoms with Crippen molar-refractivity contribution in [1.29, 1.82) is 0 Å². The van der Waals surface area contributed by atoms with Gasteiger partial charge in [0.1, 0.15) is 6.23 Å². The Morgan fingerprint density at radius 1 is 0.870 bits per heavy atom. The molecule has 1 aliphatic heterocycles. The van der Waals surface area contributed by atoms with E-state index in [2.05, 4.69) is 46.2 Å². The van der Waals surface area contributed by atoms with Gasteiger partial charge in [0.2, 0.25) is 0 Å². The van der Waals surface area contributed by atoms with Crippen LogP contribution < -0.4 is 14.7 Å². The van der Waals surface area contributed by atoms with Crippen LogP contribution in [0.2, 0.25) is 0 Å². The van der Waals surface area contributed by atoms with Crippen LogP contribution in [0, 0.1) is 0 Å². The van der Waals surface area contributed by atoms with Crippen LogP contribution in [0.1, 0.15) is 6.92 Å². The third-order valence-electron chi connectivity index (χ3n) is 4.03. The Hall–Kier alpha value is -1.85. The van der Waals surface area contributed by atoms with Crippen molar-refractivity contribution in [3.05, 3.63) is 36.4 Å². The molecule has 0 saturated carbocycles. The van der Waals surface area contributed by atoms with E-state index in [1.807, 2.05) is 40.0 Å². The average Bonchev–Trinajstić information content (AvgIpc) is 2.50. The number of anilines is 4. The Kier molecular flexibility index (Phi) is 4.17. The maximum absolute atomic E-state index is 10.3. The minimum absolute atomic E-state index is 0.580. The zero-order valence-electron chi connectivity index (χ0n) is 14.2. The van der Waals surface area contributed by atoms with Crippen molar-refractivity contribution in [3.63, 3.8) is 0 Å². The zero-order chi connectivity index (χ0) is 16.7. The quantitative estimate of drug-likeness (QED) is 0.926. The van der Waals surface area contributed by atoms with Gasteiger partial charge in [0.15, 0.2) is 0 Å². The summed E-state index contributed by atoms with van der Waals surface area (Å²) >= 11 is 1.76. The smallest absolute Gasteiger partial charge is 0.128 e. The fourth-order valence-corrected chi connectivity index (χ4v) is 3.91. The maximum atomic E-state index is 10.3. The molecule has 23 heavy (non-hydrogen) atoms. The number of rotatable bonds is 3. The number of aliphatic hydroxyl groups excluding tert-OH is 1. The molecular weight excluding hydrogens is 306 g/mol. The van der Waals surface area contributed by atoms with Crippen molar-refractivity contribution >= 4 is 34.5 Å². The summed E-state index contributed by atoms with van der Waals surface area (Å²) in [7, 11) is 8.17. The summed E-state index contributed by atoms with van der Waals surface area (Å²) < 4.78 is 0. The average molecular weight is 329 g/mol. The van der Waals surface area contributed by atoms with E-state index >= 15 is 0 Å². The number of benzene rings is 2. The van der Waals surface area contributed by atoms with E-state index in [0.717, 1.165) is 22.7 Å². The molecule has 3 rings (SSSR count). The number of aliphatic hydroxyl groups is 1. The Balaban J connectivity index is 2.13. The SMILES string of the molecule is CC(O)N1c2ccc(N(C)C)cc2Sc2cc(N(C)C)ccc21. The molecule has 4 nitrogen and oxygen atoms in total. The third kappa shape index (κ3) is 2.86. The normalized spacial score (nSPS) is 14.1. The van der Waals surface area contributed by atoms with Crippen molar-refractivity contribution in [2.24, 2.45) is 0 Å². The van der Waals surface area contributed by atoms with Gasteiger partial charge in [0.05, 0.1) is 11.4 Å². The van der Waals surface area contributed by atoms with E-state index in [1.165, 1.54) is 9.79 Å². The van der Waals surface area contributed by atoms with Crippen LogP contribution in [0.3, 0.4) is 0 Å². The highest BCUT2D eigenvalue weighted by Gasteiger charge is 2.27. The molecule has 1 unspecified atom stereocenters. The highest BCUT2D eigenvalue weighted by Crippen LogP contribution is 2.50. The summed E-state index contributed by atoms with van der Waals surface area (Å²) in [5.41, 5.74) is 4.43. The van der Waals surface area contributed by atoms with E-state index in [9.17, 15) is 5.11 Å². The highest BCUT2D eigenvalue weighted by atomic mass is 32.2. The molecule has 0 fully saturated rings. The second-order valence-electron chi connectivity index (χ2n) is 6.20. The molecule has 1 N–H and O–H groups in total. The van der Waals surface area contributed by atoms with Crippen LogP contribution in [-0.2, 0) is 0 Å². The monoisotopic (exact) mass is 329 g/mol.